The lowest BCUT2D eigenvalue weighted by Crippen LogP contribution is -2.44. The number of nitrogens with zero attached hydrogens (tertiary/aromatic N) is 2. The largest absolute Gasteiger partial charge is 0.493 e. The van der Waals surface area contributed by atoms with E-state index in [9.17, 15) is 0 Å². The number of anilines is 1. The van der Waals surface area contributed by atoms with Crippen LogP contribution in [0.15, 0.2) is 12.3 Å². The first-order chi connectivity index (χ1) is 8.38. The molecule has 2 heterocycles. The Balaban J connectivity index is 1.86. The van der Waals surface area contributed by atoms with Crippen LogP contribution < -0.4 is 15.0 Å². The molecule has 1 aliphatic carbocycles. The Labute approximate surface area is 102 Å². The Hall–Kier alpha value is -1.29. The summed E-state index contributed by atoms with van der Waals surface area (Å²) >= 11 is 0. The highest BCUT2D eigenvalue weighted by Gasteiger charge is 2.26. The maximum Gasteiger partial charge on any atom is 0.171 e. The SMILES string of the molecule is COc1cc(C2CC2)cnc1N1CCNCC1. The molecule has 0 atom stereocenters. The number of pyridine rings is 1. The summed E-state index contributed by atoms with van der Waals surface area (Å²) in [6, 6.07) is 2.17. The second-order valence-electron chi connectivity index (χ2n) is 4.81. The summed E-state index contributed by atoms with van der Waals surface area (Å²) in [5.74, 6) is 2.66. The molecule has 2 fully saturated rings. The van der Waals surface area contributed by atoms with E-state index < -0.39 is 0 Å². The number of methoxy groups -OCH3 is 1. The monoisotopic (exact) mass is 233 g/mol. The van der Waals surface area contributed by atoms with E-state index in [1.807, 2.05) is 6.20 Å². The standard InChI is InChI=1S/C13H19N3O/c1-17-12-8-11(10-2-3-10)9-15-13(12)16-6-4-14-5-7-16/h8-10,14H,2-7H2,1H3. The van der Waals surface area contributed by atoms with Gasteiger partial charge in [-0.2, -0.15) is 0 Å². The molecule has 0 amide bonds. The van der Waals surface area contributed by atoms with Gasteiger partial charge in [-0.25, -0.2) is 4.98 Å². The van der Waals surface area contributed by atoms with Gasteiger partial charge in [0.2, 0.25) is 0 Å². The third kappa shape index (κ3) is 2.22. The van der Waals surface area contributed by atoms with Crippen molar-refractivity contribution in [1.82, 2.24) is 10.3 Å². The first kappa shape index (κ1) is 10.8. The van der Waals surface area contributed by atoms with Crippen LogP contribution in [0.3, 0.4) is 0 Å². The van der Waals surface area contributed by atoms with Crippen LogP contribution in [0.25, 0.3) is 0 Å². The van der Waals surface area contributed by atoms with Gasteiger partial charge in [-0.05, 0) is 30.4 Å². The number of hydrogen-bond donors (Lipinski definition) is 1. The van der Waals surface area contributed by atoms with Gasteiger partial charge < -0.3 is 15.0 Å². The highest BCUT2D eigenvalue weighted by atomic mass is 16.5. The summed E-state index contributed by atoms with van der Waals surface area (Å²) in [6.45, 7) is 4.06. The maximum atomic E-state index is 5.49. The van der Waals surface area contributed by atoms with E-state index in [0.717, 1.165) is 43.7 Å². The van der Waals surface area contributed by atoms with Gasteiger partial charge in [-0.15, -0.1) is 0 Å². The lowest BCUT2D eigenvalue weighted by Gasteiger charge is -2.29. The Morgan fingerprint density at radius 3 is 2.76 bits per heavy atom. The van der Waals surface area contributed by atoms with Crippen LogP contribution in [0.1, 0.15) is 24.3 Å². The third-order valence-corrected chi connectivity index (χ3v) is 3.54. The Kier molecular flexibility index (Phi) is 2.89. The molecule has 0 bridgehead atoms. The molecule has 0 radical (unpaired) electrons. The molecular formula is C13H19N3O. The fourth-order valence-electron chi connectivity index (χ4n) is 2.36. The quantitative estimate of drug-likeness (QED) is 0.856. The van der Waals surface area contributed by atoms with E-state index >= 15 is 0 Å². The minimum absolute atomic E-state index is 0.730. The lowest BCUT2D eigenvalue weighted by atomic mass is 10.2. The second kappa shape index (κ2) is 4.53. The molecule has 1 aliphatic heterocycles. The molecule has 2 aliphatic rings. The highest BCUT2D eigenvalue weighted by molar-refractivity contribution is 5.54. The van der Waals surface area contributed by atoms with E-state index in [2.05, 4.69) is 21.3 Å². The normalized spacial score (nSPS) is 20.4. The summed E-state index contributed by atoms with van der Waals surface area (Å²) in [5.41, 5.74) is 1.33. The molecule has 3 rings (SSSR count). The zero-order valence-electron chi connectivity index (χ0n) is 10.3. The van der Waals surface area contributed by atoms with Crippen molar-refractivity contribution in [1.29, 1.82) is 0 Å². The fraction of sp³-hybridized carbons (Fsp3) is 0.615. The molecule has 92 valence electrons. The van der Waals surface area contributed by atoms with Crippen LogP contribution in [0, 0.1) is 0 Å². The maximum absolute atomic E-state index is 5.49. The molecule has 1 saturated carbocycles. The van der Waals surface area contributed by atoms with E-state index in [1.54, 1.807) is 7.11 Å². The smallest absolute Gasteiger partial charge is 0.171 e. The predicted molar refractivity (Wildman–Crippen MR) is 67.8 cm³/mol. The molecule has 1 N–H and O–H groups in total. The number of hydrogen-bond acceptors (Lipinski definition) is 4. The molecule has 1 saturated heterocycles. The number of nitrogens with one attached hydrogen (secondary N) is 1. The van der Waals surface area contributed by atoms with Crippen molar-refractivity contribution in [3.05, 3.63) is 17.8 Å². The van der Waals surface area contributed by atoms with E-state index in [-0.39, 0.29) is 0 Å². The molecule has 1 aromatic rings. The van der Waals surface area contributed by atoms with E-state index in [4.69, 9.17) is 4.74 Å². The van der Waals surface area contributed by atoms with Gasteiger partial charge >= 0.3 is 0 Å². The zero-order valence-corrected chi connectivity index (χ0v) is 10.3. The summed E-state index contributed by atoms with van der Waals surface area (Å²) in [5, 5.41) is 3.35. The Bertz CT molecular complexity index is 398. The van der Waals surface area contributed by atoms with Gasteiger partial charge in [-0.1, -0.05) is 0 Å². The Morgan fingerprint density at radius 2 is 2.12 bits per heavy atom. The third-order valence-electron chi connectivity index (χ3n) is 3.54. The predicted octanol–water partition coefficient (Wildman–Crippen LogP) is 1.38. The average Bonchev–Trinajstić information content (AvgIpc) is 3.23. The van der Waals surface area contributed by atoms with Crippen LogP contribution in [0.5, 0.6) is 5.75 Å². The van der Waals surface area contributed by atoms with E-state index in [1.165, 1.54) is 18.4 Å². The van der Waals surface area contributed by atoms with Crippen LogP contribution in [-0.2, 0) is 0 Å². The molecule has 4 heteroatoms. The van der Waals surface area contributed by atoms with Crippen molar-refractivity contribution in [3.8, 4) is 5.75 Å². The van der Waals surface area contributed by atoms with Gasteiger partial charge in [0.15, 0.2) is 11.6 Å². The van der Waals surface area contributed by atoms with Gasteiger partial charge in [-0.3, -0.25) is 0 Å². The molecule has 4 nitrogen and oxygen atoms in total. The van der Waals surface area contributed by atoms with E-state index in [0.29, 0.717) is 0 Å². The molecule has 1 aromatic heterocycles. The summed E-state index contributed by atoms with van der Waals surface area (Å²) < 4.78 is 5.49. The summed E-state index contributed by atoms with van der Waals surface area (Å²) in [7, 11) is 1.74. The minimum Gasteiger partial charge on any atom is -0.493 e. The molecule has 17 heavy (non-hydrogen) atoms. The van der Waals surface area contributed by atoms with Crippen LogP contribution in [0.2, 0.25) is 0 Å². The average molecular weight is 233 g/mol. The second-order valence-corrected chi connectivity index (χ2v) is 4.81. The van der Waals surface area contributed by atoms with Crippen LogP contribution in [0.4, 0.5) is 5.82 Å². The van der Waals surface area contributed by atoms with Crippen molar-refractivity contribution in [3.63, 3.8) is 0 Å². The fourth-order valence-corrected chi connectivity index (χ4v) is 2.36. The van der Waals surface area contributed by atoms with Crippen LogP contribution >= 0.6 is 0 Å². The Morgan fingerprint density at radius 1 is 1.35 bits per heavy atom. The minimum atomic E-state index is 0.730. The highest BCUT2D eigenvalue weighted by Crippen LogP contribution is 2.42. The van der Waals surface area contributed by atoms with Crippen molar-refractivity contribution >= 4 is 5.82 Å². The first-order valence-corrected chi connectivity index (χ1v) is 6.38. The number of aromatic nitrogens is 1. The van der Waals surface area contributed by atoms with Crippen molar-refractivity contribution < 1.29 is 4.74 Å². The summed E-state index contributed by atoms with van der Waals surface area (Å²) in [4.78, 5) is 6.91. The van der Waals surface area contributed by atoms with Gasteiger partial charge in [0.1, 0.15) is 0 Å². The number of rotatable bonds is 3. The van der Waals surface area contributed by atoms with Gasteiger partial charge in [0.25, 0.3) is 0 Å². The van der Waals surface area contributed by atoms with Crippen LogP contribution in [-0.4, -0.2) is 38.3 Å². The van der Waals surface area contributed by atoms with Gasteiger partial charge in [0.05, 0.1) is 7.11 Å². The van der Waals surface area contributed by atoms with Crippen molar-refractivity contribution in [2.24, 2.45) is 0 Å². The number of piperazine rings is 1. The van der Waals surface area contributed by atoms with Crippen molar-refractivity contribution in [2.45, 2.75) is 18.8 Å². The zero-order chi connectivity index (χ0) is 11.7. The topological polar surface area (TPSA) is 37.4 Å². The van der Waals surface area contributed by atoms with Gasteiger partial charge in [0, 0.05) is 32.4 Å². The first-order valence-electron chi connectivity index (χ1n) is 6.38. The molecule has 0 unspecified atom stereocenters. The number of ether oxygens (including phenoxy) is 1. The molecule has 0 spiro atoms. The summed E-state index contributed by atoms with van der Waals surface area (Å²) in [6.07, 6.45) is 4.63. The molecular weight excluding hydrogens is 214 g/mol. The lowest BCUT2D eigenvalue weighted by molar-refractivity contribution is 0.410. The molecule has 0 aromatic carbocycles. The van der Waals surface area contributed by atoms with Crippen molar-refractivity contribution in [2.75, 3.05) is 38.2 Å².